The van der Waals surface area contributed by atoms with Crippen molar-refractivity contribution in [3.8, 4) is 0 Å². The van der Waals surface area contributed by atoms with E-state index >= 15 is 0 Å². The van der Waals surface area contributed by atoms with Gasteiger partial charge in [0.25, 0.3) is 0 Å². The van der Waals surface area contributed by atoms with Gasteiger partial charge in [-0.05, 0) is 37.7 Å². The Morgan fingerprint density at radius 3 is 2.74 bits per heavy atom. The first-order valence-electron chi connectivity index (χ1n) is 7.14. The van der Waals surface area contributed by atoms with Gasteiger partial charge in [-0.15, -0.1) is 0 Å². The predicted molar refractivity (Wildman–Crippen MR) is 77.4 cm³/mol. The number of rotatable bonds is 2. The summed E-state index contributed by atoms with van der Waals surface area (Å²) in [5.41, 5.74) is 2.55. The summed E-state index contributed by atoms with van der Waals surface area (Å²) in [6.45, 7) is 10.4. The van der Waals surface area contributed by atoms with Crippen LogP contribution in [-0.4, -0.2) is 5.97 Å². The Balaban J connectivity index is 2.53. The third-order valence-corrected chi connectivity index (χ3v) is 4.36. The third kappa shape index (κ3) is 2.41. The van der Waals surface area contributed by atoms with Crippen LogP contribution >= 0.6 is 0 Å². The molecular weight excluding hydrogens is 236 g/mol. The molecule has 2 aliphatic rings. The van der Waals surface area contributed by atoms with Gasteiger partial charge in [-0.1, -0.05) is 38.5 Å². The minimum Gasteiger partial charge on any atom is -0.427 e. The molecule has 2 rings (SSSR count). The first kappa shape index (κ1) is 14.1. The topological polar surface area (TPSA) is 26.3 Å². The van der Waals surface area contributed by atoms with Crippen LogP contribution in [0, 0.1) is 17.3 Å². The van der Waals surface area contributed by atoms with E-state index in [1.165, 1.54) is 18.1 Å². The molecule has 0 unspecified atom stereocenters. The van der Waals surface area contributed by atoms with Crippen molar-refractivity contribution in [2.24, 2.45) is 17.3 Å². The van der Waals surface area contributed by atoms with Gasteiger partial charge in [0.15, 0.2) is 0 Å². The Bertz CT molecular complexity index is 479. The molecule has 19 heavy (non-hydrogen) atoms. The highest BCUT2D eigenvalue weighted by atomic mass is 16.5. The first-order valence-corrected chi connectivity index (χ1v) is 7.14. The molecule has 0 bridgehead atoms. The van der Waals surface area contributed by atoms with Crippen molar-refractivity contribution < 1.29 is 9.53 Å². The molecule has 0 saturated carbocycles. The summed E-state index contributed by atoms with van der Waals surface area (Å²) < 4.78 is 5.48. The van der Waals surface area contributed by atoms with E-state index in [0.29, 0.717) is 11.8 Å². The molecule has 0 N–H and O–H groups in total. The number of esters is 1. The minimum absolute atomic E-state index is 0.0282. The van der Waals surface area contributed by atoms with Crippen LogP contribution < -0.4 is 0 Å². The fourth-order valence-electron chi connectivity index (χ4n) is 3.59. The zero-order chi connectivity index (χ0) is 14.2. The smallest absolute Gasteiger partial charge is 0.308 e. The van der Waals surface area contributed by atoms with Gasteiger partial charge in [0.05, 0.1) is 0 Å². The largest absolute Gasteiger partial charge is 0.427 e. The summed E-state index contributed by atoms with van der Waals surface area (Å²) in [7, 11) is 0. The molecular formula is C17H24O2. The molecule has 2 aliphatic carbocycles. The van der Waals surface area contributed by atoms with Crippen molar-refractivity contribution in [3.05, 3.63) is 35.1 Å². The van der Waals surface area contributed by atoms with Crippen molar-refractivity contribution in [1.29, 1.82) is 0 Å². The summed E-state index contributed by atoms with van der Waals surface area (Å²) in [6.07, 6.45) is 8.86. The van der Waals surface area contributed by atoms with E-state index < -0.39 is 0 Å². The standard InChI is InChI=1S/C17H24O2/c1-11(2)14-10-15(19-13(4)18)16-12(3)8-6-7-9-17(14,16)5/h7,9-11,14H,6,8H2,1-5H3/t14-,17+/m0/s1. The van der Waals surface area contributed by atoms with Gasteiger partial charge >= 0.3 is 5.97 Å². The molecule has 2 heteroatoms. The maximum atomic E-state index is 11.3. The predicted octanol–water partition coefficient (Wildman–Crippen LogP) is 4.39. The second-order valence-electron chi connectivity index (χ2n) is 6.27. The number of ether oxygens (including phenoxy) is 1. The quantitative estimate of drug-likeness (QED) is 0.543. The number of hydrogen-bond acceptors (Lipinski definition) is 2. The first-order chi connectivity index (χ1) is 8.86. The lowest BCUT2D eigenvalue weighted by Crippen LogP contribution is -2.26. The molecule has 2 atom stereocenters. The molecule has 0 fully saturated rings. The second kappa shape index (κ2) is 4.99. The van der Waals surface area contributed by atoms with Crippen LogP contribution in [0.25, 0.3) is 0 Å². The number of carbonyl (C=O) groups excluding carboxylic acids is 1. The van der Waals surface area contributed by atoms with Gasteiger partial charge < -0.3 is 4.74 Å². The summed E-state index contributed by atoms with van der Waals surface area (Å²) in [5, 5.41) is 0. The van der Waals surface area contributed by atoms with E-state index in [4.69, 9.17) is 4.74 Å². The van der Waals surface area contributed by atoms with E-state index in [2.05, 4.69) is 45.9 Å². The molecule has 0 radical (unpaired) electrons. The van der Waals surface area contributed by atoms with Gasteiger partial charge in [-0.2, -0.15) is 0 Å². The van der Waals surface area contributed by atoms with Crippen LogP contribution in [0.1, 0.15) is 47.5 Å². The maximum Gasteiger partial charge on any atom is 0.308 e. The lowest BCUT2D eigenvalue weighted by atomic mass is 9.70. The highest BCUT2D eigenvalue weighted by Crippen LogP contribution is 2.53. The molecule has 0 saturated heterocycles. The zero-order valence-electron chi connectivity index (χ0n) is 12.6. The Kier molecular flexibility index (Phi) is 3.71. The van der Waals surface area contributed by atoms with E-state index in [0.717, 1.165) is 18.6 Å². The lowest BCUT2D eigenvalue weighted by molar-refractivity contribution is -0.136. The highest BCUT2D eigenvalue weighted by molar-refractivity contribution is 5.69. The highest BCUT2D eigenvalue weighted by Gasteiger charge is 2.45. The Morgan fingerprint density at radius 1 is 1.47 bits per heavy atom. The molecule has 2 nitrogen and oxygen atoms in total. The van der Waals surface area contributed by atoms with Crippen LogP contribution in [0.3, 0.4) is 0 Å². The fraction of sp³-hybridized carbons (Fsp3) is 0.588. The normalized spacial score (nSPS) is 30.2. The monoisotopic (exact) mass is 260 g/mol. The van der Waals surface area contributed by atoms with Crippen molar-refractivity contribution in [2.45, 2.75) is 47.5 Å². The lowest BCUT2D eigenvalue weighted by Gasteiger charge is -2.33. The average Bonchev–Trinajstić information content (AvgIpc) is 2.47. The van der Waals surface area contributed by atoms with E-state index in [1.807, 2.05) is 0 Å². The number of carbonyl (C=O) groups is 1. The van der Waals surface area contributed by atoms with Crippen LogP contribution in [0.5, 0.6) is 0 Å². The van der Waals surface area contributed by atoms with Gasteiger partial charge in [-0.25, -0.2) is 0 Å². The summed E-state index contributed by atoms with van der Waals surface area (Å²) in [5.74, 6) is 1.47. The average molecular weight is 260 g/mol. The zero-order valence-corrected chi connectivity index (χ0v) is 12.6. The Hall–Kier alpha value is -1.31. The molecule has 0 aromatic rings. The fourth-order valence-corrected chi connectivity index (χ4v) is 3.59. The summed E-state index contributed by atoms with van der Waals surface area (Å²) >= 11 is 0. The van der Waals surface area contributed by atoms with Crippen molar-refractivity contribution in [2.75, 3.05) is 0 Å². The SMILES string of the molecule is CC(=O)OC1=C[C@@H](C(C)C)[C@@]2(C)C=CCCC(C)=C12. The number of allylic oxidation sites excluding steroid dienone is 5. The maximum absolute atomic E-state index is 11.3. The molecule has 0 aliphatic heterocycles. The van der Waals surface area contributed by atoms with Crippen LogP contribution in [0.2, 0.25) is 0 Å². The van der Waals surface area contributed by atoms with Crippen molar-refractivity contribution in [3.63, 3.8) is 0 Å². The van der Waals surface area contributed by atoms with E-state index in [9.17, 15) is 4.79 Å². The Morgan fingerprint density at radius 2 is 2.16 bits per heavy atom. The molecule has 0 amide bonds. The molecule has 0 aromatic heterocycles. The van der Waals surface area contributed by atoms with Gasteiger partial charge in [0.1, 0.15) is 5.76 Å². The van der Waals surface area contributed by atoms with Crippen molar-refractivity contribution in [1.82, 2.24) is 0 Å². The number of fused-ring (bicyclic) bond motifs is 1. The molecule has 104 valence electrons. The summed E-state index contributed by atoms with van der Waals surface area (Å²) in [4.78, 5) is 11.3. The van der Waals surface area contributed by atoms with Crippen LogP contribution in [0.4, 0.5) is 0 Å². The van der Waals surface area contributed by atoms with Crippen LogP contribution in [0.15, 0.2) is 35.1 Å². The third-order valence-electron chi connectivity index (χ3n) is 4.36. The van der Waals surface area contributed by atoms with E-state index in [-0.39, 0.29) is 11.4 Å². The van der Waals surface area contributed by atoms with E-state index in [1.54, 1.807) is 0 Å². The van der Waals surface area contributed by atoms with Gasteiger partial charge in [0.2, 0.25) is 0 Å². The molecule has 0 heterocycles. The molecule has 0 aromatic carbocycles. The summed E-state index contributed by atoms with van der Waals surface area (Å²) in [6, 6.07) is 0. The minimum atomic E-state index is -0.230. The van der Waals surface area contributed by atoms with Gasteiger partial charge in [0, 0.05) is 17.9 Å². The van der Waals surface area contributed by atoms with Crippen LogP contribution in [-0.2, 0) is 9.53 Å². The molecule has 0 spiro atoms. The van der Waals surface area contributed by atoms with Crippen molar-refractivity contribution >= 4 is 5.97 Å². The number of hydrogen-bond donors (Lipinski definition) is 0. The second-order valence-corrected chi connectivity index (χ2v) is 6.27. The Labute approximate surface area is 116 Å². The van der Waals surface area contributed by atoms with Gasteiger partial charge in [-0.3, -0.25) is 4.79 Å².